The van der Waals surface area contributed by atoms with E-state index in [1.807, 2.05) is 5.38 Å². The predicted octanol–water partition coefficient (Wildman–Crippen LogP) is 4.19. The van der Waals surface area contributed by atoms with Gasteiger partial charge in [0.1, 0.15) is 11.6 Å². The van der Waals surface area contributed by atoms with Gasteiger partial charge < -0.3 is 4.90 Å². The van der Waals surface area contributed by atoms with Crippen molar-refractivity contribution in [3.8, 4) is 0 Å². The molecule has 0 bridgehead atoms. The van der Waals surface area contributed by atoms with Gasteiger partial charge in [-0.15, -0.1) is 11.3 Å². The zero-order chi connectivity index (χ0) is 16.4. The highest BCUT2D eigenvalue weighted by atomic mass is 32.1. The molecule has 1 unspecified atom stereocenters. The third-order valence-corrected chi connectivity index (χ3v) is 5.22. The van der Waals surface area contributed by atoms with Gasteiger partial charge in [-0.2, -0.15) is 0 Å². The molecule has 3 rings (SSSR count). The van der Waals surface area contributed by atoms with Crippen LogP contribution in [0.2, 0.25) is 0 Å². The molecule has 1 saturated carbocycles. The van der Waals surface area contributed by atoms with E-state index >= 15 is 0 Å². The summed E-state index contributed by atoms with van der Waals surface area (Å²) in [4.78, 5) is 19.1. The van der Waals surface area contributed by atoms with Crippen LogP contribution in [-0.2, 0) is 11.2 Å². The third-order valence-electron chi connectivity index (χ3n) is 4.29. The summed E-state index contributed by atoms with van der Waals surface area (Å²) >= 11 is 1.65. The molecule has 1 atom stereocenters. The number of halogens is 1. The minimum Gasteiger partial charge on any atom is -0.345 e. The van der Waals surface area contributed by atoms with E-state index in [-0.39, 0.29) is 17.5 Å². The normalized spacial score (nSPS) is 15.4. The number of thiazole rings is 1. The number of hydrogen-bond acceptors (Lipinski definition) is 4. The first-order valence-electron chi connectivity index (χ1n) is 8.05. The van der Waals surface area contributed by atoms with Gasteiger partial charge in [0.15, 0.2) is 5.13 Å². The van der Waals surface area contributed by atoms with Gasteiger partial charge in [0.05, 0.1) is 5.69 Å². The lowest BCUT2D eigenvalue weighted by molar-refractivity contribution is -0.118. The molecule has 0 N–H and O–H groups in total. The van der Waals surface area contributed by atoms with Crippen molar-refractivity contribution in [2.24, 2.45) is 0 Å². The Hall–Kier alpha value is -1.75. The third kappa shape index (κ3) is 3.78. The van der Waals surface area contributed by atoms with Crippen molar-refractivity contribution in [1.29, 1.82) is 0 Å². The molecule has 1 aliphatic carbocycles. The Morgan fingerprint density at radius 2 is 2.09 bits per heavy atom. The monoisotopic (exact) mass is 332 g/mol. The van der Waals surface area contributed by atoms with Gasteiger partial charge in [-0.05, 0) is 44.4 Å². The van der Waals surface area contributed by atoms with E-state index in [1.54, 1.807) is 30.4 Å². The maximum Gasteiger partial charge on any atom is 0.185 e. The number of rotatable bonds is 7. The topological polar surface area (TPSA) is 33.2 Å². The van der Waals surface area contributed by atoms with Crippen molar-refractivity contribution in [2.75, 3.05) is 11.4 Å². The number of aromatic nitrogens is 1. The summed E-state index contributed by atoms with van der Waals surface area (Å²) in [5, 5.41) is 3.09. The van der Waals surface area contributed by atoms with Gasteiger partial charge in [0.2, 0.25) is 0 Å². The molecule has 1 fully saturated rings. The Balaban J connectivity index is 1.77. The van der Waals surface area contributed by atoms with Crippen LogP contribution in [-0.4, -0.2) is 23.4 Å². The van der Waals surface area contributed by atoms with E-state index < -0.39 is 0 Å². The van der Waals surface area contributed by atoms with E-state index in [0.717, 1.165) is 22.9 Å². The fraction of sp³-hybridized carbons (Fsp3) is 0.444. The van der Waals surface area contributed by atoms with Gasteiger partial charge in [-0.3, -0.25) is 4.79 Å². The van der Waals surface area contributed by atoms with Crippen LogP contribution in [0.15, 0.2) is 29.6 Å². The largest absolute Gasteiger partial charge is 0.345 e. The van der Waals surface area contributed by atoms with E-state index in [9.17, 15) is 9.18 Å². The second-order valence-corrected chi connectivity index (χ2v) is 6.89. The quantitative estimate of drug-likeness (QED) is 0.762. The number of carbonyl (C=O) groups is 1. The molecule has 1 aromatic heterocycles. The van der Waals surface area contributed by atoms with Crippen LogP contribution in [0, 0.1) is 5.82 Å². The minimum absolute atomic E-state index is 0.0840. The number of nitrogens with zero attached hydrogens (tertiary/aromatic N) is 2. The second kappa shape index (κ2) is 6.79. The highest BCUT2D eigenvalue weighted by Crippen LogP contribution is 2.34. The smallest absolute Gasteiger partial charge is 0.185 e. The summed E-state index contributed by atoms with van der Waals surface area (Å²) in [6.07, 6.45) is 3.06. The highest BCUT2D eigenvalue weighted by Gasteiger charge is 2.30. The molecule has 0 aliphatic heterocycles. The van der Waals surface area contributed by atoms with Gasteiger partial charge in [-0.25, -0.2) is 9.37 Å². The van der Waals surface area contributed by atoms with E-state index in [0.29, 0.717) is 12.5 Å². The number of benzene rings is 1. The zero-order valence-electron chi connectivity index (χ0n) is 13.5. The fourth-order valence-corrected chi connectivity index (χ4v) is 3.83. The van der Waals surface area contributed by atoms with Crippen LogP contribution in [0.1, 0.15) is 43.9 Å². The Morgan fingerprint density at radius 1 is 1.39 bits per heavy atom. The van der Waals surface area contributed by atoms with Crippen LogP contribution in [0.4, 0.5) is 9.52 Å². The van der Waals surface area contributed by atoms with Crippen LogP contribution in [0.25, 0.3) is 0 Å². The summed E-state index contributed by atoms with van der Waals surface area (Å²) < 4.78 is 13.1. The predicted molar refractivity (Wildman–Crippen MR) is 91.7 cm³/mol. The number of anilines is 1. The highest BCUT2D eigenvalue weighted by molar-refractivity contribution is 7.13. The van der Waals surface area contributed by atoms with Crippen molar-refractivity contribution in [2.45, 2.75) is 45.1 Å². The average molecular weight is 332 g/mol. The zero-order valence-corrected chi connectivity index (χ0v) is 14.3. The van der Waals surface area contributed by atoms with Crippen molar-refractivity contribution in [3.05, 3.63) is 46.7 Å². The van der Waals surface area contributed by atoms with Crippen LogP contribution >= 0.6 is 11.3 Å². The Bertz CT molecular complexity index is 679. The molecule has 1 aliphatic rings. The first kappa shape index (κ1) is 16.1. The Kier molecular flexibility index (Phi) is 4.76. The van der Waals surface area contributed by atoms with Crippen LogP contribution in [0.3, 0.4) is 0 Å². The lowest BCUT2D eigenvalue weighted by Crippen LogP contribution is -2.24. The number of ketones is 1. The van der Waals surface area contributed by atoms with Crippen molar-refractivity contribution in [1.82, 2.24) is 4.98 Å². The van der Waals surface area contributed by atoms with Gasteiger partial charge >= 0.3 is 0 Å². The molecule has 122 valence electrons. The SMILES string of the molecule is CCN(c1nc(CC(C(C)=O)c2ccc(F)cc2)cs1)C1CC1. The summed E-state index contributed by atoms with van der Waals surface area (Å²) in [7, 11) is 0. The number of hydrogen-bond donors (Lipinski definition) is 0. The summed E-state index contributed by atoms with van der Waals surface area (Å²) in [5.74, 6) is -0.461. The van der Waals surface area contributed by atoms with Gasteiger partial charge in [-0.1, -0.05) is 12.1 Å². The molecule has 0 saturated heterocycles. The maximum absolute atomic E-state index is 13.1. The average Bonchev–Trinajstić information content (AvgIpc) is 3.25. The summed E-state index contributed by atoms with van der Waals surface area (Å²) in [5.41, 5.74) is 1.79. The molecule has 0 amide bonds. The molecule has 0 spiro atoms. The lowest BCUT2D eigenvalue weighted by atomic mass is 9.91. The molecule has 3 nitrogen and oxygen atoms in total. The molecule has 1 aromatic carbocycles. The molecule has 1 heterocycles. The molecule has 23 heavy (non-hydrogen) atoms. The number of Topliss-reactive ketones (excluding diaryl/α,β-unsaturated/α-hetero) is 1. The number of carbonyl (C=O) groups excluding carboxylic acids is 1. The van der Waals surface area contributed by atoms with Crippen molar-refractivity contribution >= 4 is 22.3 Å². The molecule has 0 radical (unpaired) electrons. The van der Waals surface area contributed by atoms with Crippen molar-refractivity contribution < 1.29 is 9.18 Å². The van der Waals surface area contributed by atoms with E-state index in [1.165, 1.54) is 25.0 Å². The van der Waals surface area contributed by atoms with Gasteiger partial charge in [0, 0.05) is 30.3 Å². The molecular formula is C18H21FN2OS. The first-order chi connectivity index (χ1) is 11.1. The standard InChI is InChI=1S/C18H21FN2OS/c1-3-21(16-8-9-16)18-20-15(11-23-18)10-17(12(2)22)13-4-6-14(19)7-5-13/h4-7,11,16-17H,3,8-10H2,1-2H3. The Labute approximate surface area is 140 Å². The lowest BCUT2D eigenvalue weighted by Gasteiger charge is -2.18. The second-order valence-electron chi connectivity index (χ2n) is 6.06. The summed E-state index contributed by atoms with van der Waals surface area (Å²) in [6.45, 7) is 4.70. The van der Waals surface area contributed by atoms with Crippen LogP contribution < -0.4 is 4.90 Å². The maximum atomic E-state index is 13.1. The summed E-state index contributed by atoms with van der Waals surface area (Å²) in [6, 6.07) is 6.83. The first-order valence-corrected chi connectivity index (χ1v) is 8.93. The van der Waals surface area contributed by atoms with E-state index in [4.69, 9.17) is 4.98 Å². The fourth-order valence-electron chi connectivity index (χ4n) is 2.86. The van der Waals surface area contributed by atoms with Crippen molar-refractivity contribution in [3.63, 3.8) is 0 Å². The Morgan fingerprint density at radius 3 is 2.65 bits per heavy atom. The van der Waals surface area contributed by atoms with Crippen LogP contribution in [0.5, 0.6) is 0 Å². The molecular weight excluding hydrogens is 311 g/mol. The minimum atomic E-state index is -0.282. The van der Waals surface area contributed by atoms with Gasteiger partial charge in [0.25, 0.3) is 0 Å². The van der Waals surface area contributed by atoms with E-state index in [2.05, 4.69) is 11.8 Å². The molecule has 2 aromatic rings. The molecule has 5 heteroatoms.